The highest BCUT2D eigenvalue weighted by molar-refractivity contribution is 9.10. The van der Waals surface area contributed by atoms with Crippen molar-refractivity contribution in [3.63, 3.8) is 0 Å². The number of fused-ring (bicyclic) bond motifs is 2. The molecule has 2 amide bonds. The van der Waals surface area contributed by atoms with E-state index in [1.165, 1.54) is 25.3 Å². The van der Waals surface area contributed by atoms with E-state index in [1.54, 1.807) is 49.8 Å². The monoisotopic (exact) mass is 1350 g/mol. The fraction of sp³-hybridized carbons (Fsp3) is 0.158. The maximum absolute atomic E-state index is 15.1. The van der Waals surface area contributed by atoms with E-state index in [-0.39, 0.29) is 33.4 Å². The van der Waals surface area contributed by atoms with Crippen LogP contribution in [0.4, 0.5) is 8.78 Å². The summed E-state index contributed by atoms with van der Waals surface area (Å²) in [5.74, 6) is -2.00. The first-order valence-corrected chi connectivity index (χ1v) is 30.2. The fourth-order valence-electron chi connectivity index (χ4n) is 8.94. The Morgan fingerprint density at radius 2 is 0.872 bits per heavy atom. The molecule has 0 saturated heterocycles. The predicted octanol–water partition coefficient (Wildman–Crippen LogP) is 16.4. The second kappa shape index (κ2) is 37.7. The van der Waals surface area contributed by atoms with Gasteiger partial charge < -0.3 is 39.4 Å². The van der Waals surface area contributed by atoms with Crippen molar-refractivity contribution in [3.05, 3.63) is 291 Å². The minimum absolute atomic E-state index is 0. The van der Waals surface area contributed by atoms with Gasteiger partial charge in [-0.1, -0.05) is 194 Å². The van der Waals surface area contributed by atoms with Gasteiger partial charge in [-0.05, 0) is 107 Å². The Labute approximate surface area is 559 Å². The lowest BCUT2D eigenvalue weighted by atomic mass is 10.1. The summed E-state index contributed by atoms with van der Waals surface area (Å²) in [6.45, 7) is 1.52. The highest BCUT2D eigenvalue weighted by Gasteiger charge is 2.19. The molecule has 0 aliphatic rings. The summed E-state index contributed by atoms with van der Waals surface area (Å²) in [6.07, 6.45) is 4.06. The highest BCUT2D eigenvalue weighted by Crippen LogP contribution is 2.39. The molecule has 0 aliphatic carbocycles. The number of amides is 2. The minimum atomic E-state index is -0.810. The van der Waals surface area contributed by atoms with E-state index < -0.39 is 40.8 Å². The van der Waals surface area contributed by atoms with Crippen molar-refractivity contribution >= 4 is 72.7 Å². The molecule has 0 radical (unpaired) electrons. The summed E-state index contributed by atoms with van der Waals surface area (Å²) >= 11 is 9.49. The number of phenols is 1. The first-order valence-electron chi connectivity index (χ1n) is 29.0. The smallest absolute Gasteiger partial charge is 0.287 e. The van der Waals surface area contributed by atoms with E-state index in [4.69, 9.17) is 40.4 Å². The molecule has 0 fully saturated rings. The van der Waals surface area contributed by atoms with Crippen LogP contribution in [0.2, 0.25) is 5.02 Å². The molecule has 3 N–H and O–H groups in total. The lowest BCUT2D eigenvalue weighted by molar-refractivity contribution is -0.137. The zero-order valence-electron chi connectivity index (χ0n) is 50.2. The molecule has 9 aromatic carbocycles. The first-order chi connectivity index (χ1) is 44.7. The number of aromatic hydroxyl groups is 1. The summed E-state index contributed by atoms with van der Waals surface area (Å²) < 4.78 is 58.0. The van der Waals surface area contributed by atoms with Gasteiger partial charge >= 0.3 is 0 Å². The third-order valence-electron chi connectivity index (χ3n) is 13.7. The lowest BCUT2D eigenvalue weighted by Crippen LogP contribution is -2.33. The quantitative estimate of drug-likeness (QED) is 0.0547. The molecular weight excluding hydrogens is 1280 g/mol. The number of benzene rings is 9. The van der Waals surface area contributed by atoms with Gasteiger partial charge in [-0.3, -0.25) is 29.1 Å². The maximum Gasteiger partial charge on any atom is 0.287 e. The molecule has 0 aliphatic heterocycles. The SMILES string of the molecule is Brc1ccccc1.C.C.COc1cc2c(Cl)ccnc2cc1OCc1ccccc1.COc1cc2c(Oc3ccc(CC(=O)C(=O)NCCc4ccccc4)cc3F)ccnc2cc1OCc1ccccc1.O=C(Cc1ccc(O)c(F)c1)C(=O)NCCc1ccccc1. The number of carbonyl (C=O) groups excluding carboxylic acids is 4. The van der Waals surface area contributed by atoms with Crippen LogP contribution in [0.15, 0.2) is 241 Å². The number of nitrogens with one attached hydrogen (secondary N) is 2. The average Bonchev–Trinajstić information content (AvgIpc) is 0.809. The summed E-state index contributed by atoms with van der Waals surface area (Å²) in [5.41, 5.74) is 6.30. The van der Waals surface area contributed by atoms with Gasteiger partial charge in [0, 0.05) is 65.7 Å². The Hall–Kier alpha value is -10.5. The summed E-state index contributed by atoms with van der Waals surface area (Å²) in [4.78, 5) is 56.8. The van der Waals surface area contributed by atoms with Gasteiger partial charge in [0.25, 0.3) is 11.8 Å². The van der Waals surface area contributed by atoms with Crippen molar-refractivity contribution in [2.75, 3.05) is 27.3 Å². The number of rotatable bonds is 22. The molecule has 0 bridgehead atoms. The van der Waals surface area contributed by atoms with Crippen molar-refractivity contribution in [3.8, 4) is 40.2 Å². The number of aromatic nitrogens is 2. The number of phenolic OH excluding ortho intramolecular Hbond substituents is 1. The van der Waals surface area contributed by atoms with Gasteiger partial charge in [0.2, 0.25) is 11.6 Å². The van der Waals surface area contributed by atoms with E-state index in [0.717, 1.165) is 49.8 Å². The molecule has 484 valence electrons. The Morgan fingerprint density at radius 1 is 0.457 bits per heavy atom. The summed E-state index contributed by atoms with van der Waals surface area (Å²) in [5, 5.41) is 16.3. The van der Waals surface area contributed by atoms with Crippen LogP contribution < -0.4 is 34.3 Å². The predicted molar refractivity (Wildman–Crippen MR) is 369 cm³/mol. The molecule has 94 heavy (non-hydrogen) atoms. The minimum Gasteiger partial charge on any atom is -0.505 e. The van der Waals surface area contributed by atoms with Crippen LogP contribution in [0.3, 0.4) is 0 Å². The molecule has 14 nitrogen and oxygen atoms in total. The number of ketones is 2. The van der Waals surface area contributed by atoms with Gasteiger partial charge in [0.15, 0.2) is 46.1 Å². The van der Waals surface area contributed by atoms with Crippen LogP contribution in [-0.2, 0) is 58.1 Å². The van der Waals surface area contributed by atoms with Crippen LogP contribution in [0.5, 0.6) is 40.2 Å². The molecule has 0 spiro atoms. The fourth-order valence-corrected chi connectivity index (χ4v) is 9.45. The van der Waals surface area contributed by atoms with Crippen LogP contribution >= 0.6 is 27.5 Å². The topological polar surface area (TPSA) is 184 Å². The number of ether oxygens (including phenoxy) is 5. The summed E-state index contributed by atoms with van der Waals surface area (Å²) in [6, 6.07) is 67.3. The van der Waals surface area contributed by atoms with Crippen LogP contribution in [0.1, 0.15) is 48.2 Å². The molecular formula is C76H72BrClF2N4O10. The molecule has 2 aromatic heterocycles. The van der Waals surface area contributed by atoms with Crippen molar-refractivity contribution in [1.82, 2.24) is 20.6 Å². The first kappa shape index (κ1) is 72.6. The highest BCUT2D eigenvalue weighted by atomic mass is 79.9. The van der Waals surface area contributed by atoms with Crippen molar-refractivity contribution < 1.29 is 56.7 Å². The van der Waals surface area contributed by atoms with Gasteiger partial charge in [-0.25, -0.2) is 8.78 Å². The van der Waals surface area contributed by atoms with Gasteiger partial charge in [-0.15, -0.1) is 0 Å². The normalized spacial score (nSPS) is 10.2. The van der Waals surface area contributed by atoms with E-state index in [2.05, 4.69) is 36.5 Å². The number of hydrogen-bond donors (Lipinski definition) is 3. The largest absolute Gasteiger partial charge is 0.505 e. The Morgan fingerprint density at radius 3 is 1.31 bits per heavy atom. The van der Waals surface area contributed by atoms with Crippen molar-refractivity contribution in [2.45, 2.75) is 53.8 Å². The number of halogens is 4. The number of nitrogens with zero attached hydrogens (tertiary/aromatic N) is 2. The Balaban J connectivity index is 0.000000226. The molecule has 2 heterocycles. The number of Topliss-reactive ketones (excluding diaryl/α,β-unsaturated/α-hetero) is 2. The second-order valence-electron chi connectivity index (χ2n) is 20.3. The van der Waals surface area contributed by atoms with Crippen LogP contribution in [-0.4, -0.2) is 65.8 Å². The van der Waals surface area contributed by atoms with E-state index in [9.17, 15) is 23.6 Å². The molecule has 0 saturated carbocycles. The Kier molecular flexibility index (Phi) is 29.1. The van der Waals surface area contributed by atoms with Gasteiger partial charge in [0.1, 0.15) is 19.0 Å². The Bertz CT molecular complexity index is 4220. The summed E-state index contributed by atoms with van der Waals surface area (Å²) in [7, 11) is 3.15. The van der Waals surface area contributed by atoms with Crippen LogP contribution in [0.25, 0.3) is 21.8 Å². The number of methoxy groups -OCH3 is 2. The van der Waals surface area contributed by atoms with Crippen molar-refractivity contribution in [2.24, 2.45) is 0 Å². The average molecular weight is 1350 g/mol. The standard InChI is InChI=1S/C34H29FN2O5.C17H14ClNO2.C17H16FNO3.C6H5Br.2CH4/c1-40-32-20-26-28(21-33(32)41-22-24-10-6-3-7-11-24)36-17-15-30(26)42-31-13-12-25(18-27(31)35)19-29(38)34(39)37-16-14-23-8-4-2-5-9-23;1-20-16-9-13-14(18)7-8-19-15(13)10-17(16)21-11-12-5-3-2-4-6-12;18-14-10-13(6-7-15(14)20)11-16(21)17(22)19-9-8-12-4-2-1-3-5-12;7-6-4-2-1-3-5-6;;/h2-13,15,17-18,20-21H,14,16,19,22H2,1H3,(H,37,39);2-10H,11H2,1H3;1-7,10,20H,8-9,11H2,(H,19,22);1-5H;2*1H4. The molecule has 11 rings (SSSR count). The molecule has 18 heteroatoms. The lowest BCUT2D eigenvalue weighted by Gasteiger charge is -2.14. The number of carbonyl (C=O) groups is 4. The zero-order valence-corrected chi connectivity index (χ0v) is 52.5. The maximum atomic E-state index is 15.1. The van der Waals surface area contributed by atoms with Gasteiger partial charge in [0.05, 0.1) is 30.3 Å². The van der Waals surface area contributed by atoms with E-state index >= 15 is 4.39 Å². The van der Waals surface area contributed by atoms with Crippen molar-refractivity contribution in [1.29, 1.82) is 0 Å². The van der Waals surface area contributed by atoms with Gasteiger partial charge in [-0.2, -0.15) is 0 Å². The van der Waals surface area contributed by atoms with E-state index in [1.807, 2.05) is 164 Å². The third-order valence-corrected chi connectivity index (χ3v) is 14.6. The second-order valence-corrected chi connectivity index (χ2v) is 21.6. The molecule has 11 aromatic rings. The van der Waals surface area contributed by atoms with Crippen LogP contribution in [0, 0.1) is 11.6 Å². The number of hydrogen-bond acceptors (Lipinski definition) is 12. The molecule has 0 unspecified atom stereocenters. The third kappa shape index (κ3) is 22.4. The zero-order chi connectivity index (χ0) is 65.0. The number of pyridine rings is 2. The van der Waals surface area contributed by atoms with E-state index in [0.29, 0.717) is 94.9 Å². The molecule has 0 atom stereocenters.